The molecule has 11 heteroatoms. The van der Waals surface area contributed by atoms with Crippen LogP contribution in [-0.4, -0.2) is 36.5 Å². The third-order valence-corrected chi connectivity index (χ3v) is 6.05. The smallest absolute Gasteiger partial charge is 0.272 e. The number of benzene rings is 2. The monoisotopic (exact) mass is 461 g/mol. The van der Waals surface area contributed by atoms with Crippen molar-refractivity contribution in [3.63, 3.8) is 0 Å². The lowest BCUT2D eigenvalue weighted by Crippen LogP contribution is -2.42. The molecule has 0 bridgehead atoms. The van der Waals surface area contributed by atoms with Crippen molar-refractivity contribution < 1.29 is 18.0 Å². The molecule has 0 fully saturated rings. The summed E-state index contributed by atoms with van der Waals surface area (Å²) in [6, 6.07) is 14.2. The van der Waals surface area contributed by atoms with Crippen LogP contribution in [-0.2, 0) is 10.0 Å². The van der Waals surface area contributed by atoms with Crippen LogP contribution in [0.4, 0.5) is 0 Å². The van der Waals surface area contributed by atoms with Crippen molar-refractivity contribution in [1.82, 2.24) is 25.8 Å². The molecule has 1 heterocycles. The normalized spacial score (nSPS) is 11.4. The summed E-state index contributed by atoms with van der Waals surface area (Å²) in [5.41, 5.74) is 5.87. The Kier molecular flexibility index (Phi) is 6.74. The number of carbonyl (C=O) groups excluding carboxylic acids is 2. The molecule has 3 rings (SSSR count). The van der Waals surface area contributed by atoms with E-state index in [4.69, 9.17) is 11.6 Å². The molecule has 0 unspecified atom stereocenters. The Labute approximate surface area is 184 Å². The fraction of sp³-hybridized carbons (Fsp3) is 0.150. The van der Waals surface area contributed by atoms with E-state index in [9.17, 15) is 18.0 Å². The molecule has 0 radical (unpaired) electrons. The van der Waals surface area contributed by atoms with Crippen molar-refractivity contribution >= 4 is 33.4 Å². The quantitative estimate of drug-likeness (QED) is 0.418. The van der Waals surface area contributed by atoms with Gasteiger partial charge in [0.25, 0.3) is 11.8 Å². The first-order chi connectivity index (χ1) is 14.7. The lowest BCUT2D eigenvalue weighted by atomic mass is 10.1. The van der Waals surface area contributed by atoms with Crippen molar-refractivity contribution in [1.29, 1.82) is 0 Å². The fourth-order valence-corrected chi connectivity index (χ4v) is 4.15. The number of hydrazine groups is 1. The molecule has 0 aliphatic rings. The van der Waals surface area contributed by atoms with E-state index in [-0.39, 0.29) is 27.2 Å². The number of aromatic amines is 1. The highest BCUT2D eigenvalue weighted by Crippen LogP contribution is 2.21. The van der Waals surface area contributed by atoms with E-state index in [1.807, 2.05) is 30.3 Å². The Morgan fingerprint density at radius 2 is 1.68 bits per heavy atom. The van der Waals surface area contributed by atoms with E-state index < -0.39 is 21.8 Å². The summed E-state index contributed by atoms with van der Waals surface area (Å²) < 4.78 is 27.1. The second kappa shape index (κ2) is 9.29. The Morgan fingerprint density at radius 1 is 1.00 bits per heavy atom. The fourth-order valence-electron chi connectivity index (χ4n) is 2.67. The van der Waals surface area contributed by atoms with Gasteiger partial charge in [0.15, 0.2) is 0 Å². The summed E-state index contributed by atoms with van der Waals surface area (Å²) in [5, 5.41) is 6.71. The molecule has 31 heavy (non-hydrogen) atoms. The van der Waals surface area contributed by atoms with Gasteiger partial charge in [0.2, 0.25) is 10.0 Å². The summed E-state index contributed by atoms with van der Waals surface area (Å²) in [6.45, 7) is 3.35. The van der Waals surface area contributed by atoms with E-state index in [1.54, 1.807) is 13.8 Å². The number of sulfonamides is 1. The number of hydrogen-bond acceptors (Lipinski definition) is 5. The van der Waals surface area contributed by atoms with Crippen LogP contribution in [0.1, 0.15) is 34.7 Å². The molecule has 0 aliphatic carbocycles. The van der Waals surface area contributed by atoms with Crippen LogP contribution in [0, 0.1) is 0 Å². The molecule has 2 aromatic carbocycles. The SMILES string of the molecule is CC(C)NS(=O)(=O)c1ccc(Cl)c(C(=O)NNC(=O)c2cc(-c3ccccc3)n[nH]2)c1. The van der Waals surface area contributed by atoms with E-state index >= 15 is 0 Å². The first-order valence-corrected chi connectivity index (χ1v) is 11.1. The molecular weight excluding hydrogens is 442 g/mol. The maximum atomic E-state index is 12.5. The highest BCUT2D eigenvalue weighted by molar-refractivity contribution is 7.89. The zero-order valence-corrected chi connectivity index (χ0v) is 18.2. The summed E-state index contributed by atoms with van der Waals surface area (Å²) >= 11 is 6.05. The van der Waals surface area contributed by atoms with Crippen LogP contribution in [0.3, 0.4) is 0 Å². The number of rotatable bonds is 6. The highest BCUT2D eigenvalue weighted by Gasteiger charge is 2.20. The molecule has 0 saturated carbocycles. The number of hydrogen-bond donors (Lipinski definition) is 4. The summed E-state index contributed by atoms with van der Waals surface area (Å²) in [7, 11) is -3.82. The minimum Gasteiger partial charge on any atom is -0.272 e. The lowest BCUT2D eigenvalue weighted by molar-refractivity contribution is 0.0844. The maximum Gasteiger partial charge on any atom is 0.287 e. The molecule has 0 spiro atoms. The number of aromatic nitrogens is 2. The second-order valence-electron chi connectivity index (χ2n) is 6.86. The lowest BCUT2D eigenvalue weighted by Gasteiger charge is -2.12. The maximum absolute atomic E-state index is 12.5. The minimum absolute atomic E-state index is 0.0307. The van der Waals surface area contributed by atoms with Crippen molar-refractivity contribution in [3.05, 3.63) is 70.9 Å². The van der Waals surface area contributed by atoms with Crippen LogP contribution in [0.5, 0.6) is 0 Å². The van der Waals surface area contributed by atoms with Gasteiger partial charge in [0.05, 0.1) is 21.2 Å². The number of nitrogens with zero attached hydrogens (tertiary/aromatic N) is 1. The molecule has 162 valence electrons. The topological polar surface area (TPSA) is 133 Å². The van der Waals surface area contributed by atoms with E-state index in [0.717, 1.165) is 11.6 Å². The second-order valence-corrected chi connectivity index (χ2v) is 8.98. The number of amides is 2. The molecule has 3 aromatic rings. The van der Waals surface area contributed by atoms with Gasteiger partial charge in [-0.3, -0.25) is 25.5 Å². The largest absolute Gasteiger partial charge is 0.287 e. The van der Waals surface area contributed by atoms with E-state index in [1.165, 1.54) is 18.2 Å². The molecule has 2 amide bonds. The molecule has 4 N–H and O–H groups in total. The van der Waals surface area contributed by atoms with Crippen molar-refractivity contribution in [2.75, 3.05) is 0 Å². The molecule has 0 saturated heterocycles. The summed E-state index contributed by atoms with van der Waals surface area (Å²) in [4.78, 5) is 24.7. The van der Waals surface area contributed by atoms with Crippen molar-refractivity contribution in [2.24, 2.45) is 0 Å². The number of carbonyl (C=O) groups is 2. The van der Waals surface area contributed by atoms with Crippen molar-refractivity contribution in [3.8, 4) is 11.3 Å². The molecule has 0 aliphatic heterocycles. The van der Waals surface area contributed by atoms with Crippen molar-refractivity contribution in [2.45, 2.75) is 24.8 Å². The average molecular weight is 462 g/mol. The highest BCUT2D eigenvalue weighted by atomic mass is 35.5. The van der Waals surface area contributed by atoms with Crippen LogP contribution >= 0.6 is 11.6 Å². The third kappa shape index (κ3) is 5.48. The van der Waals surface area contributed by atoms with E-state index in [2.05, 4.69) is 25.8 Å². The zero-order chi connectivity index (χ0) is 22.6. The van der Waals surface area contributed by atoms with Crippen LogP contribution in [0.25, 0.3) is 11.3 Å². The number of H-pyrrole nitrogens is 1. The Balaban J connectivity index is 1.70. The summed E-state index contributed by atoms with van der Waals surface area (Å²) in [6.07, 6.45) is 0. The van der Waals surface area contributed by atoms with Crippen LogP contribution in [0.15, 0.2) is 59.5 Å². The third-order valence-electron chi connectivity index (χ3n) is 4.07. The molecule has 1 aromatic heterocycles. The van der Waals surface area contributed by atoms with E-state index in [0.29, 0.717) is 5.69 Å². The van der Waals surface area contributed by atoms with Gasteiger partial charge in [0, 0.05) is 11.6 Å². The molecule has 9 nitrogen and oxygen atoms in total. The van der Waals surface area contributed by atoms with Gasteiger partial charge in [-0.25, -0.2) is 13.1 Å². The Morgan fingerprint density at radius 3 is 2.35 bits per heavy atom. The van der Waals surface area contributed by atoms with Gasteiger partial charge in [-0.15, -0.1) is 0 Å². The van der Waals surface area contributed by atoms with Crippen LogP contribution < -0.4 is 15.6 Å². The average Bonchev–Trinajstić information content (AvgIpc) is 3.22. The first kappa shape index (κ1) is 22.5. The first-order valence-electron chi connectivity index (χ1n) is 9.21. The van der Waals surface area contributed by atoms with Gasteiger partial charge in [-0.2, -0.15) is 5.10 Å². The van der Waals surface area contributed by atoms with Gasteiger partial charge in [0.1, 0.15) is 5.69 Å². The Hall–Kier alpha value is -3.21. The molecular formula is C20H20ClN5O4S. The zero-order valence-electron chi connectivity index (χ0n) is 16.6. The minimum atomic E-state index is -3.82. The van der Waals surface area contributed by atoms with Gasteiger partial charge >= 0.3 is 0 Å². The number of halogens is 1. The van der Waals surface area contributed by atoms with Gasteiger partial charge in [-0.05, 0) is 38.1 Å². The predicted octanol–water partition coefficient (Wildman–Crippen LogP) is 2.49. The van der Waals surface area contributed by atoms with Gasteiger partial charge < -0.3 is 0 Å². The summed E-state index contributed by atoms with van der Waals surface area (Å²) in [5.74, 6) is -1.41. The standard InChI is InChI=1S/C20H20ClN5O4S/c1-12(2)26-31(29,30)14-8-9-16(21)15(10-14)19(27)24-25-20(28)18-11-17(22-23-18)13-6-4-3-5-7-13/h3-12,26H,1-2H3,(H,22,23)(H,24,27)(H,25,28). The molecule has 0 atom stereocenters. The van der Waals surface area contributed by atoms with Crippen LogP contribution in [0.2, 0.25) is 5.02 Å². The predicted molar refractivity (Wildman–Crippen MR) is 116 cm³/mol. The number of nitrogens with one attached hydrogen (secondary N) is 4. The van der Waals surface area contributed by atoms with Gasteiger partial charge in [-0.1, -0.05) is 41.9 Å². The Bertz CT molecular complexity index is 1210.